The lowest BCUT2D eigenvalue weighted by Gasteiger charge is -2.28. The van der Waals surface area contributed by atoms with Crippen LogP contribution in [0.15, 0.2) is 59.1 Å². The second kappa shape index (κ2) is 20.4. The molecule has 1 heterocycles. The molecule has 0 spiro atoms. The van der Waals surface area contributed by atoms with Crippen LogP contribution in [0.4, 0.5) is 5.69 Å². The molecule has 0 radical (unpaired) electrons. The van der Waals surface area contributed by atoms with Crippen molar-refractivity contribution in [2.45, 2.75) is 118 Å². The van der Waals surface area contributed by atoms with Crippen molar-refractivity contribution >= 4 is 34.8 Å². The van der Waals surface area contributed by atoms with Crippen molar-refractivity contribution < 1.29 is 14.3 Å². The highest BCUT2D eigenvalue weighted by Crippen LogP contribution is 2.31. The lowest BCUT2D eigenvalue weighted by Crippen LogP contribution is -2.28. The zero-order valence-electron chi connectivity index (χ0n) is 28.0. The number of benzene rings is 2. The van der Waals surface area contributed by atoms with E-state index < -0.39 is 0 Å². The Morgan fingerprint density at radius 1 is 0.864 bits per heavy atom. The minimum atomic E-state index is 0. The molecule has 0 saturated heterocycles. The monoisotopic (exact) mass is 668 g/mol. The first-order chi connectivity index (χ1) is 20.8. The Bertz CT molecular complexity index is 1180. The zero-order chi connectivity index (χ0) is 30.9. The van der Waals surface area contributed by atoms with E-state index in [1.54, 1.807) is 14.0 Å². The summed E-state index contributed by atoms with van der Waals surface area (Å²) >= 11 is 0. The predicted molar refractivity (Wildman–Crippen MR) is 192 cm³/mol. The third-order valence-corrected chi connectivity index (χ3v) is 8.38. The highest BCUT2D eigenvalue weighted by atomic mass is 79.9. The number of carbonyl (C=O) groups excluding carboxylic acids is 1. The third-order valence-electron chi connectivity index (χ3n) is 8.38. The molecule has 0 aliphatic carbocycles. The van der Waals surface area contributed by atoms with Crippen molar-refractivity contribution in [2.24, 2.45) is 10.4 Å². The molecule has 5 nitrogen and oxygen atoms in total. The van der Waals surface area contributed by atoms with Crippen LogP contribution in [0.3, 0.4) is 0 Å². The quantitative estimate of drug-likeness (QED) is 0.132. The van der Waals surface area contributed by atoms with Crippen LogP contribution in [0, 0.1) is 5.41 Å². The van der Waals surface area contributed by atoms with E-state index in [0.29, 0.717) is 13.2 Å². The molecular formula is C38H57BrN2O3. The molecule has 0 aromatic heterocycles. The summed E-state index contributed by atoms with van der Waals surface area (Å²) in [6.45, 7) is 10.2. The Labute approximate surface area is 278 Å². The van der Waals surface area contributed by atoms with Gasteiger partial charge in [-0.1, -0.05) is 109 Å². The largest absolute Gasteiger partial charge is 0.493 e. The Kier molecular flexibility index (Phi) is 17.5. The van der Waals surface area contributed by atoms with E-state index in [0.717, 1.165) is 42.1 Å². The van der Waals surface area contributed by atoms with Crippen molar-refractivity contribution in [3.63, 3.8) is 0 Å². The van der Waals surface area contributed by atoms with E-state index in [2.05, 4.69) is 56.1 Å². The fourth-order valence-corrected chi connectivity index (χ4v) is 6.02. The number of halogens is 1. The first-order valence-electron chi connectivity index (χ1n) is 16.7. The van der Waals surface area contributed by atoms with Gasteiger partial charge in [-0.2, -0.15) is 0 Å². The van der Waals surface area contributed by atoms with Gasteiger partial charge in [0, 0.05) is 30.8 Å². The lowest BCUT2D eigenvalue weighted by atomic mass is 9.81. The van der Waals surface area contributed by atoms with Crippen molar-refractivity contribution in [3.05, 3.63) is 65.2 Å². The summed E-state index contributed by atoms with van der Waals surface area (Å²) in [6.07, 6.45) is 21.0. The number of rotatable bonds is 20. The molecule has 1 amide bonds. The summed E-state index contributed by atoms with van der Waals surface area (Å²) in [5.41, 5.74) is 4.38. The van der Waals surface area contributed by atoms with Gasteiger partial charge < -0.3 is 14.4 Å². The molecule has 1 aliphatic rings. The van der Waals surface area contributed by atoms with Crippen molar-refractivity contribution in [3.8, 4) is 11.5 Å². The molecule has 1 aliphatic heterocycles. The Balaban J connectivity index is 0.00000675. The number of unbranched alkanes of at least 4 members (excludes halogenated alkanes) is 11. The molecule has 1 atom stereocenters. The summed E-state index contributed by atoms with van der Waals surface area (Å²) in [5.74, 6) is 1.48. The average Bonchev–Trinajstić information content (AvgIpc) is 2.98. The molecule has 0 N–H and O–H groups in total. The van der Waals surface area contributed by atoms with Gasteiger partial charge in [-0.05, 0) is 60.7 Å². The molecular weight excluding hydrogens is 612 g/mol. The molecule has 2 aromatic rings. The number of nitrogens with zero attached hydrogens (tertiary/aromatic N) is 2. The molecule has 2 aromatic carbocycles. The number of aliphatic imine (C=N–C) groups is 1. The predicted octanol–water partition coefficient (Wildman–Crippen LogP) is 10.5. The number of dihydropyridines is 1. The number of amides is 1. The normalized spacial score (nSPS) is 15.8. The van der Waals surface area contributed by atoms with Gasteiger partial charge in [-0.25, -0.2) is 0 Å². The summed E-state index contributed by atoms with van der Waals surface area (Å²) in [7, 11) is 1.67. The molecule has 0 fully saturated rings. The van der Waals surface area contributed by atoms with Gasteiger partial charge in [-0.3, -0.25) is 9.79 Å². The van der Waals surface area contributed by atoms with Crippen LogP contribution in [-0.4, -0.2) is 32.4 Å². The summed E-state index contributed by atoms with van der Waals surface area (Å²) in [6, 6.07) is 14.3. The highest BCUT2D eigenvalue weighted by molar-refractivity contribution is 8.93. The first-order valence-corrected chi connectivity index (χ1v) is 16.7. The smallest absolute Gasteiger partial charge is 0.224 e. The van der Waals surface area contributed by atoms with Crippen molar-refractivity contribution in [1.29, 1.82) is 0 Å². The molecule has 0 saturated carbocycles. The minimum Gasteiger partial charge on any atom is -0.493 e. The zero-order valence-corrected chi connectivity index (χ0v) is 29.8. The van der Waals surface area contributed by atoms with Crippen LogP contribution in [0.1, 0.15) is 116 Å². The average molecular weight is 670 g/mol. The third kappa shape index (κ3) is 13.2. The van der Waals surface area contributed by atoms with Crippen molar-refractivity contribution in [1.82, 2.24) is 0 Å². The molecule has 3 rings (SSSR count). The summed E-state index contributed by atoms with van der Waals surface area (Å²) < 4.78 is 11.7. The van der Waals surface area contributed by atoms with Gasteiger partial charge in [0.1, 0.15) is 0 Å². The molecule has 244 valence electrons. The van der Waals surface area contributed by atoms with E-state index in [1.165, 1.54) is 81.8 Å². The van der Waals surface area contributed by atoms with Crippen molar-refractivity contribution in [2.75, 3.05) is 25.2 Å². The number of ether oxygens (including phenoxy) is 2. The Hall–Kier alpha value is -2.60. The van der Waals surface area contributed by atoms with Gasteiger partial charge in [0.25, 0.3) is 0 Å². The van der Waals surface area contributed by atoms with Crippen LogP contribution >= 0.6 is 17.0 Å². The van der Waals surface area contributed by atoms with Crippen LogP contribution < -0.4 is 14.4 Å². The number of hydrogen-bond donors (Lipinski definition) is 0. The maximum Gasteiger partial charge on any atom is 0.224 e. The number of anilines is 1. The topological polar surface area (TPSA) is 51.1 Å². The van der Waals surface area contributed by atoms with E-state index in [-0.39, 0.29) is 28.3 Å². The first kappa shape index (κ1) is 37.6. The number of carbonyl (C=O) groups is 1. The van der Waals surface area contributed by atoms with Crippen LogP contribution in [0.2, 0.25) is 0 Å². The number of methoxy groups -OCH3 is 1. The van der Waals surface area contributed by atoms with E-state index in [4.69, 9.17) is 9.47 Å². The van der Waals surface area contributed by atoms with Crippen LogP contribution in [0.5, 0.6) is 11.5 Å². The van der Waals surface area contributed by atoms with Crippen LogP contribution in [-0.2, 0) is 17.8 Å². The minimum absolute atomic E-state index is 0. The lowest BCUT2D eigenvalue weighted by molar-refractivity contribution is -0.116. The van der Waals surface area contributed by atoms with Gasteiger partial charge >= 0.3 is 0 Å². The molecule has 0 bridgehead atoms. The molecule has 6 heteroatoms. The Morgan fingerprint density at radius 2 is 1.45 bits per heavy atom. The second-order valence-electron chi connectivity index (χ2n) is 12.7. The van der Waals surface area contributed by atoms with Gasteiger partial charge in [0.05, 0.1) is 20.3 Å². The second-order valence-corrected chi connectivity index (χ2v) is 12.7. The van der Waals surface area contributed by atoms with Gasteiger partial charge in [0.2, 0.25) is 5.91 Å². The number of hydrogen-bond acceptors (Lipinski definition) is 4. The standard InChI is InChI=1S/C38H56N2O3.BrH/c1-6-7-8-9-10-11-12-13-14-15-16-17-24-43-37-25-34(20-23-36(37)42-5)29-40(32(3)41)35-21-18-33(19-22-35)27-38(4)26-31(2)28-39-30-38;/h18-23,25-26,28H,6-17,24,27,29-30H2,1-5H3;1H. The van der Waals surface area contributed by atoms with Gasteiger partial charge in [0.15, 0.2) is 11.5 Å². The van der Waals surface area contributed by atoms with E-state index in [1.807, 2.05) is 29.3 Å². The fourth-order valence-electron chi connectivity index (χ4n) is 6.02. The molecule has 1 unspecified atom stereocenters. The maximum atomic E-state index is 12.7. The SMILES string of the molecule is Br.CCCCCCCCCCCCCCOc1cc(CN(C(C)=O)c2ccc(CC3(C)C=C(C)C=NC3)cc2)ccc1OC. The Morgan fingerprint density at radius 3 is 2.02 bits per heavy atom. The maximum absolute atomic E-state index is 12.7. The van der Waals surface area contributed by atoms with Gasteiger partial charge in [-0.15, -0.1) is 17.0 Å². The summed E-state index contributed by atoms with van der Waals surface area (Å²) in [5, 5.41) is 0. The summed E-state index contributed by atoms with van der Waals surface area (Å²) in [4.78, 5) is 19.0. The van der Waals surface area contributed by atoms with E-state index >= 15 is 0 Å². The number of allylic oxidation sites excluding steroid dienone is 1. The highest BCUT2D eigenvalue weighted by Gasteiger charge is 2.24. The van der Waals surface area contributed by atoms with E-state index in [9.17, 15) is 4.79 Å². The van der Waals surface area contributed by atoms with Crippen LogP contribution in [0.25, 0.3) is 0 Å². The molecule has 44 heavy (non-hydrogen) atoms. The fraction of sp³-hybridized carbons (Fsp3) is 0.579.